The number of benzene rings is 1. The van der Waals surface area contributed by atoms with Crippen LogP contribution in [-0.4, -0.2) is 13.7 Å². The Morgan fingerprint density at radius 2 is 1.89 bits per heavy atom. The van der Waals surface area contributed by atoms with Gasteiger partial charge in [-0.05, 0) is 25.0 Å². The Kier molecular flexibility index (Phi) is 3.94. The highest BCUT2D eigenvalue weighted by Gasteiger charge is 2.37. The first-order chi connectivity index (χ1) is 8.57. The minimum absolute atomic E-state index is 0.152. The van der Waals surface area contributed by atoms with Crippen LogP contribution in [0.4, 0.5) is 0 Å². The molecule has 1 aliphatic rings. The topological polar surface area (TPSA) is 57.9 Å². The second kappa shape index (κ2) is 5.29. The summed E-state index contributed by atoms with van der Waals surface area (Å²) in [6.45, 7) is 0. The average molecular weight is 284 g/mol. The molecule has 0 aromatic heterocycles. The molecule has 1 fully saturated rings. The van der Waals surface area contributed by atoms with Gasteiger partial charge in [0.15, 0.2) is 9.84 Å². The zero-order chi connectivity index (χ0) is 13.2. The van der Waals surface area contributed by atoms with E-state index < -0.39 is 21.0 Å². The summed E-state index contributed by atoms with van der Waals surface area (Å²) in [7, 11) is -3.51. The van der Waals surface area contributed by atoms with E-state index in [0.717, 1.165) is 12.8 Å². The molecule has 0 bridgehead atoms. The van der Waals surface area contributed by atoms with Crippen molar-refractivity contribution in [3.63, 3.8) is 0 Å². The van der Waals surface area contributed by atoms with Crippen molar-refractivity contribution in [3.8, 4) is 6.07 Å². The van der Waals surface area contributed by atoms with Crippen LogP contribution in [0.5, 0.6) is 0 Å². The number of hydrogen-bond donors (Lipinski definition) is 0. The number of rotatable bonds is 2. The van der Waals surface area contributed by atoms with Gasteiger partial charge in [0, 0.05) is 0 Å². The molecular formula is C13H14ClNO2S. The fourth-order valence-corrected chi connectivity index (χ4v) is 4.95. The molecule has 0 heterocycles. The maximum absolute atomic E-state index is 12.5. The molecule has 0 spiro atoms. The van der Waals surface area contributed by atoms with Crippen molar-refractivity contribution < 1.29 is 8.42 Å². The number of hydrogen-bond acceptors (Lipinski definition) is 3. The van der Waals surface area contributed by atoms with Crippen LogP contribution in [0, 0.1) is 17.2 Å². The number of sulfone groups is 1. The molecule has 1 aliphatic carbocycles. The fraction of sp³-hybridized carbons (Fsp3) is 0.462. The van der Waals surface area contributed by atoms with Gasteiger partial charge in [0.05, 0.1) is 27.2 Å². The fourth-order valence-electron chi connectivity index (χ4n) is 2.45. The van der Waals surface area contributed by atoms with Crippen molar-refractivity contribution in [1.29, 1.82) is 5.26 Å². The first-order valence-electron chi connectivity index (χ1n) is 5.95. The maximum Gasteiger partial charge on any atom is 0.183 e. The summed E-state index contributed by atoms with van der Waals surface area (Å²) in [5.41, 5.74) is 0. The van der Waals surface area contributed by atoms with Crippen molar-refractivity contribution in [2.45, 2.75) is 35.8 Å². The second-order valence-electron chi connectivity index (χ2n) is 4.53. The van der Waals surface area contributed by atoms with Gasteiger partial charge in [-0.25, -0.2) is 8.42 Å². The van der Waals surface area contributed by atoms with Crippen LogP contribution in [-0.2, 0) is 9.84 Å². The van der Waals surface area contributed by atoms with Gasteiger partial charge in [-0.1, -0.05) is 36.6 Å². The smallest absolute Gasteiger partial charge is 0.183 e. The lowest BCUT2D eigenvalue weighted by molar-refractivity contribution is 0.418. The first kappa shape index (κ1) is 13.4. The Balaban J connectivity index is 2.43. The molecule has 0 amide bonds. The first-order valence-corrected chi connectivity index (χ1v) is 7.88. The van der Waals surface area contributed by atoms with E-state index in [9.17, 15) is 8.42 Å². The van der Waals surface area contributed by atoms with Crippen LogP contribution in [0.2, 0.25) is 5.02 Å². The molecule has 0 saturated heterocycles. The summed E-state index contributed by atoms with van der Waals surface area (Å²) in [6, 6.07) is 8.56. The number of nitriles is 1. The minimum atomic E-state index is -3.51. The van der Waals surface area contributed by atoms with Gasteiger partial charge >= 0.3 is 0 Å². The molecule has 2 unspecified atom stereocenters. The molecule has 0 N–H and O–H groups in total. The van der Waals surface area contributed by atoms with E-state index in [0.29, 0.717) is 12.8 Å². The lowest BCUT2D eigenvalue weighted by Gasteiger charge is -2.26. The Hall–Kier alpha value is -1.05. The quantitative estimate of drug-likeness (QED) is 0.837. The summed E-state index contributed by atoms with van der Waals surface area (Å²) >= 11 is 5.96. The predicted molar refractivity (Wildman–Crippen MR) is 70.0 cm³/mol. The predicted octanol–water partition coefficient (Wildman–Crippen LogP) is 3.20. The van der Waals surface area contributed by atoms with Crippen molar-refractivity contribution in [2.75, 3.05) is 0 Å². The van der Waals surface area contributed by atoms with Gasteiger partial charge in [0.1, 0.15) is 0 Å². The summed E-state index contributed by atoms with van der Waals surface area (Å²) in [4.78, 5) is 0.152. The summed E-state index contributed by atoms with van der Waals surface area (Å²) < 4.78 is 25.1. The highest BCUT2D eigenvalue weighted by molar-refractivity contribution is 7.92. The molecule has 2 atom stereocenters. The van der Waals surface area contributed by atoms with Gasteiger partial charge in [-0.2, -0.15) is 5.26 Å². The Labute approximate surface area is 112 Å². The molecule has 0 aliphatic heterocycles. The van der Waals surface area contributed by atoms with Crippen molar-refractivity contribution in [3.05, 3.63) is 29.3 Å². The molecule has 1 aromatic rings. The van der Waals surface area contributed by atoms with Crippen LogP contribution in [0.25, 0.3) is 0 Å². The third-order valence-corrected chi connectivity index (χ3v) is 6.18. The van der Waals surface area contributed by atoms with Gasteiger partial charge in [0.2, 0.25) is 0 Å². The Morgan fingerprint density at radius 3 is 2.56 bits per heavy atom. The lowest BCUT2D eigenvalue weighted by atomic mass is 9.90. The summed E-state index contributed by atoms with van der Waals surface area (Å²) in [5, 5.41) is 8.71. The van der Waals surface area contributed by atoms with Crippen LogP contribution in [0.15, 0.2) is 29.2 Å². The van der Waals surface area contributed by atoms with Crippen LogP contribution in [0.3, 0.4) is 0 Å². The molecule has 2 rings (SSSR count). The third kappa shape index (κ3) is 2.38. The Bertz CT molecular complexity index is 577. The zero-order valence-electron chi connectivity index (χ0n) is 9.84. The van der Waals surface area contributed by atoms with Crippen LogP contribution < -0.4 is 0 Å². The molecule has 1 saturated carbocycles. The van der Waals surface area contributed by atoms with Gasteiger partial charge in [-0.15, -0.1) is 0 Å². The number of halogens is 1. The van der Waals surface area contributed by atoms with E-state index in [4.69, 9.17) is 16.9 Å². The molecule has 18 heavy (non-hydrogen) atoms. The monoisotopic (exact) mass is 283 g/mol. The average Bonchev–Trinajstić information content (AvgIpc) is 2.39. The van der Waals surface area contributed by atoms with Crippen molar-refractivity contribution >= 4 is 21.4 Å². The highest BCUT2D eigenvalue weighted by Crippen LogP contribution is 2.35. The minimum Gasteiger partial charge on any atom is -0.223 e. The zero-order valence-corrected chi connectivity index (χ0v) is 11.4. The van der Waals surface area contributed by atoms with Crippen LogP contribution in [0.1, 0.15) is 25.7 Å². The van der Waals surface area contributed by atoms with Crippen molar-refractivity contribution in [1.82, 2.24) is 0 Å². The van der Waals surface area contributed by atoms with Gasteiger partial charge in [-0.3, -0.25) is 0 Å². The molecule has 1 aromatic carbocycles. The van der Waals surface area contributed by atoms with Gasteiger partial charge in [0.25, 0.3) is 0 Å². The standard InChI is InChI=1S/C13H14ClNO2S/c14-11-6-2-4-8-13(11)18(16,17)12-7-3-1-5-10(12)9-15/h2,4,6,8,10,12H,1,3,5,7H2. The van der Waals surface area contributed by atoms with Crippen LogP contribution >= 0.6 is 11.6 Å². The molecular weight excluding hydrogens is 270 g/mol. The Morgan fingerprint density at radius 1 is 1.22 bits per heavy atom. The van der Waals surface area contributed by atoms with Crippen molar-refractivity contribution in [2.24, 2.45) is 5.92 Å². The summed E-state index contributed by atoms with van der Waals surface area (Å²) in [6.07, 6.45) is 2.98. The largest absolute Gasteiger partial charge is 0.223 e. The molecule has 5 heteroatoms. The van der Waals surface area contributed by atoms with E-state index in [1.165, 1.54) is 6.07 Å². The van der Waals surface area contributed by atoms with E-state index in [1.807, 2.05) is 0 Å². The van der Waals surface area contributed by atoms with E-state index in [-0.39, 0.29) is 9.92 Å². The normalized spacial score (nSPS) is 24.4. The SMILES string of the molecule is N#CC1CCCCC1S(=O)(=O)c1ccccc1Cl. The lowest BCUT2D eigenvalue weighted by Crippen LogP contribution is -2.32. The van der Waals surface area contributed by atoms with E-state index in [1.54, 1.807) is 18.2 Å². The highest BCUT2D eigenvalue weighted by atomic mass is 35.5. The summed E-state index contributed by atoms with van der Waals surface area (Å²) in [5.74, 6) is -0.417. The number of nitrogens with zero attached hydrogens (tertiary/aromatic N) is 1. The van der Waals surface area contributed by atoms with E-state index in [2.05, 4.69) is 6.07 Å². The molecule has 3 nitrogen and oxygen atoms in total. The third-order valence-electron chi connectivity index (χ3n) is 3.41. The van der Waals surface area contributed by atoms with E-state index >= 15 is 0 Å². The molecule has 0 radical (unpaired) electrons. The molecule has 96 valence electrons. The van der Waals surface area contributed by atoms with Gasteiger partial charge < -0.3 is 0 Å². The second-order valence-corrected chi connectivity index (χ2v) is 7.08. The maximum atomic E-state index is 12.5.